The maximum absolute atomic E-state index is 15.3. The molecule has 40 heavy (non-hydrogen) atoms. The van der Waals surface area contributed by atoms with Gasteiger partial charge in [0.1, 0.15) is 28.7 Å². The largest absolute Gasteiger partial charge is 0.497 e. The predicted molar refractivity (Wildman–Crippen MR) is 148 cm³/mol. The molecule has 0 unspecified atom stereocenters. The third-order valence-corrected chi connectivity index (χ3v) is 5.85. The van der Waals surface area contributed by atoms with Gasteiger partial charge in [-0.3, -0.25) is 9.59 Å². The Kier molecular flexibility index (Phi) is 9.51. The molecule has 0 aliphatic carbocycles. The van der Waals surface area contributed by atoms with E-state index in [0.717, 1.165) is 6.07 Å². The number of rotatable bonds is 11. The van der Waals surface area contributed by atoms with E-state index < -0.39 is 41.1 Å². The normalized spacial score (nSPS) is 12.7. The van der Waals surface area contributed by atoms with Crippen molar-refractivity contribution in [3.63, 3.8) is 0 Å². The number of nitrogens with two attached hydrogens (primary N) is 1. The number of methoxy groups -OCH3 is 2. The minimum absolute atomic E-state index is 0.0119. The molecule has 11 heteroatoms. The zero-order valence-electron chi connectivity index (χ0n) is 23.3. The molecule has 0 bridgehead atoms. The summed E-state index contributed by atoms with van der Waals surface area (Å²) in [7, 11) is 2.97. The number of benzene rings is 2. The zero-order valence-corrected chi connectivity index (χ0v) is 23.3. The lowest BCUT2D eigenvalue weighted by molar-refractivity contribution is -0.155. The number of carbonyl (C=O) groups is 2. The monoisotopic (exact) mass is 556 g/mol. The first-order valence-electron chi connectivity index (χ1n) is 12.5. The number of primary amides is 1. The van der Waals surface area contributed by atoms with Gasteiger partial charge in [-0.15, -0.1) is 0 Å². The summed E-state index contributed by atoms with van der Waals surface area (Å²) in [6.07, 6.45) is -0.0119. The molecule has 214 valence electrons. The summed E-state index contributed by atoms with van der Waals surface area (Å²) < 4.78 is 45.0. The lowest BCUT2D eigenvalue weighted by Crippen LogP contribution is -2.28. The van der Waals surface area contributed by atoms with Crippen molar-refractivity contribution in [1.29, 1.82) is 0 Å². The molecule has 2 atom stereocenters. The van der Waals surface area contributed by atoms with E-state index in [1.54, 1.807) is 45.9 Å². The van der Waals surface area contributed by atoms with Crippen LogP contribution in [0.5, 0.6) is 11.5 Å². The Morgan fingerprint density at radius 3 is 2.10 bits per heavy atom. The third kappa shape index (κ3) is 8.05. The van der Waals surface area contributed by atoms with Crippen LogP contribution in [0, 0.1) is 17.6 Å². The summed E-state index contributed by atoms with van der Waals surface area (Å²) in [5, 5.41) is 6.01. The van der Waals surface area contributed by atoms with Crippen molar-refractivity contribution in [1.82, 2.24) is 4.98 Å². The molecule has 0 spiro atoms. The van der Waals surface area contributed by atoms with Gasteiger partial charge in [0, 0.05) is 23.9 Å². The van der Waals surface area contributed by atoms with E-state index in [1.807, 2.05) is 0 Å². The summed E-state index contributed by atoms with van der Waals surface area (Å²) in [6, 6.07) is 10.8. The van der Waals surface area contributed by atoms with Gasteiger partial charge in [-0.1, -0.05) is 19.1 Å². The fourth-order valence-electron chi connectivity index (χ4n) is 4.02. The first-order chi connectivity index (χ1) is 18.8. The van der Waals surface area contributed by atoms with Crippen molar-refractivity contribution in [2.45, 2.75) is 45.8 Å². The quantitative estimate of drug-likeness (QED) is 0.255. The molecule has 1 amide bonds. The highest BCUT2D eigenvalue weighted by Crippen LogP contribution is 2.33. The number of anilines is 3. The van der Waals surface area contributed by atoms with Crippen molar-refractivity contribution in [3.05, 3.63) is 71.3 Å². The number of carbonyl (C=O) groups excluding carboxylic acids is 2. The Balaban J connectivity index is 2.01. The lowest BCUT2D eigenvalue weighted by Gasteiger charge is -2.28. The van der Waals surface area contributed by atoms with E-state index in [9.17, 15) is 14.0 Å². The summed E-state index contributed by atoms with van der Waals surface area (Å²) in [6.45, 7) is 7.06. The molecule has 0 radical (unpaired) electrons. The number of nitrogens with one attached hydrogen (secondary N) is 2. The summed E-state index contributed by atoms with van der Waals surface area (Å²) >= 11 is 0. The van der Waals surface area contributed by atoms with E-state index in [-0.39, 0.29) is 23.6 Å². The number of aromatic nitrogens is 1. The van der Waals surface area contributed by atoms with Crippen LogP contribution in [0.2, 0.25) is 0 Å². The molecule has 0 saturated carbocycles. The lowest BCUT2D eigenvalue weighted by atomic mass is 9.91. The molecular weight excluding hydrogens is 522 g/mol. The Morgan fingerprint density at radius 2 is 1.57 bits per heavy atom. The Hall–Kier alpha value is -4.41. The molecular formula is C29H34F2N4O5. The van der Waals surface area contributed by atoms with Gasteiger partial charge in [0.15, 0.2) is 11.6 Å². The van der Waals surface area contributed by atoms with Gasteiger partial charge in [-0.25, -0.2) is 13.8 Å². The number of ether oxygens (including phenoxy) is 3. The minimum Gasteiger partial charge on any atom is -0.497 e. The standard InChI is InChI=1S/C29H34F2N4O5/c1-16(11-24(36)40-29(2,3)4)25(17-7-9-18(30)10-8-17)34-28-23(31)15-22(26(32)37)27(35-28)33-19-12-20(38-5)14-21(13-19)39-6/h7-10,12-16,25H,11H2,1-6H3,(H2,32,37)(H2,33,34,35)/t16-,25+/m1/s1. The maximum Gasteiger partial charge on any atom is 0.306 e. The van der Waals surface area contributed by atoms with Gasteiger partial charge >= 0.3 is 5.97 Å². The van der Waals surface area contributed by atoms with E-state index in [1.165, 1.54) is 38.5 Å². The van der Waals surface area contributed by atoms with Crippen LogP contribution in [0.1, 0.15) is 56.1 Å². The second-order valence-electron chi connectivity index (χ2n) is 10.2. The van der Waals surface area contributed by atoms with Crippen LogP contribution in [-0.2, 0) is 9.53 Å². The Bertz CT molecular complexity index is 1340. The SMILES string of the molecule is COc1cc(Nc2nc(N[C@H](c3ccc(F)cc3)[C@H](C)CC(=O)OC(C)(C)C)c(F)cc2C(N)=O)cc(OC)c1. The van der Waals surface area contributed by atoms with Crippen molar-refractivity contribution < 1.29 is 32.6 Å². The average Bonchev–Trinajstić information content (AvgIpc) is 2.87. The van der Waals surface area contributed by atoms with Crippen LogP contribution < -0.4 is 25.8 Å². The molecule has 0 aliphatic rings. The highest BCUT2D eigenvalue weighted by Gasteiger charge is 2.27. The van der Waals surface area contributed by atoms with Gasteiger partial charge in [-0.2, -0.15) is 0 Å². The molecule has 0 fully saturated rings. The topological polar surface area (TPSA) is 125 Å². The van der Waals surface area contributed by atoms with E-state index in [4.69, 9.17) is 19.9 Å². The van der Waals surface area contributed by atoms with Gasteiger partial charge in [-0.05, 0) is 50.5 Å². The number of amides is 1. The highest BCUT2D eigenvalue weighted by molar-refractivity contribution is 5.98. The smallest absolute Gasteiger partial charge is 0.306 e. The molecule has 1 heterocycles. The van der Waals surface area contributed by atoms with E-state index >= 15 is 4.39 Å². The average molecular weight is 557 g/mol. The summed E-state index contributed by atoms with van der Waals surface area (Å²) in [5.41, 5.74) is 5.67. The molecule has 3 rings (SSSR count). The van der Waals surface area contributed by atoms with Gasteiger partial charge in [0.2, 0.25) is 0 Å². The van der Waals surface area contributed by atoms with Crippen LogP contribution in [0.25, 0.3) is 0 Å². The van der Waals surface area contributed by atoms with Crippen LogP contribution in [0.4, 0.5) is 26.1 Å². The number of esters is 1. The Morgan fingerprint density at radius 1 is 0.975 bits per heavy atom. The van der Waals surface area contributed by atoms with Crippen molar-refractivity contribution >= 4 is 29.2 Å². The molecule has 0 saturated heterocycles. The van der Waals surface area contributed by atoms with Gasteiger partial charge in [0.25, 0.3) is 5.91 Å². The van der Waals surface area contributed by atoms with Crippen molar-refractivity contribution in [2.24, 2.45) is 11.7 Å². The fourth-order valence-corrected chi connectivity index (χ4v) is 4.02. The minimum atomic E-state index is -0.899. The van der Waals surface area contributed by atoms with Gasteiger partial charge in [0.05, 0.1) is 32.2 Å². The summed E-state index contributed by atoms with van der Waals surface area (Å²) in [4.78, 5) is 29.1. The molecule has 2 aromatic carbocycles. The predicted octanol–water partition coefficient (Wildman–Crippen LogP) is 5.74. The first-order valence-corrected chi connectivity index (χ1v) is 12.5. The van der Waals surface area contributed by atoms with Crippen LogP contribution >= 0.6 is 0 Å². The molecule has 0 aliphatic heterocycles. The van der Waals surface area contributed by atoms with Crippen LogP contribution in [0.3, 0.4) is 0 Å². The van der Waals surface area contributed by atoms with E-state index in [2.05, 4.69) is 15.6 Å². The van der Waals surface area contributed by atoms with E-state index in [0.29, 0.717) is 22.7 Å². The number of hydrogen-bond donors (Lipinski definition) is 3. The maximum atomic E-state index is 15.3. The second kappa shape index (κ2) is 12.6. The van der Waals surface area contributed by atoms with Crippen molar-refractivity contribution in [2.75, 3.05) is 24.9 Å². The second-order valence-corrected chi connectivity index (χ2v) is 10.2. The summed E-state index contributed by atoms with van der Waals surface area (Å²) in [5.74, 6) is -2.37. The van der Waals surface area contributed by atoms with Crippen LogP contribution in [-0.4, -0.2) is 36.7 Å². The molecule has 9 nitrogen and oxygen atoms in total. The first kappa shape index (κ1) is 30.1. The van der Waals surface area contributed by atoms with Crippen LogP contribution in [0.15, 0.2) is 48.5 Å². The zero-order chi connectivity index (χ0) is 29.6. The van der Waals surface area contributed by atoms with Gasteiger partial charge < -0.3 is 30.6 Å². The molecule has 4 N–H and O–H groups in total. The number of pyridine rings is 1. The molecule has 1 aromatic heterocycles. The number of hydrogen-bond acceptors (Lipinski definition) is 8. The third-order valence-electron chi connectivity index (χ3n) is 5.85. The Labute approximate surface area is 232 Å². The fraction of sp³-hybridized carbons (Fsp3) is 0.345. The van der Waals surface area contributed by atoms with Crippen molar-refractivity contribution in [3.8, 4) is 11.5 Å². The molecule has 3 aromatic rings. The number of halogens is 2. The number of nitrogens with zero attached hydrogens (tertiary/aromatic N) is 1. The highest BCUT2D eigenvalue weighted by atomic mass is 19.1.